The van der Waals surface area contributed by atoms with Gasteiger partial charge in [-0.15, -0.1) is 13.2 Å². The summed E-state index contributed by atoms with van der Waals surface area (Å²) in [6.45, 7) is 0. The van der Waals surface area contributed by atoms with Gasteiger partial charge in [-0.3, -0.25) is 4.79 Å². The van der Waals surface area contributed by atoms with Crippen molar-refractivity contribution >= 4 is 22.8 Å². The second-order valence-corrected chi connectivity index (χ2v) is 4.16. The maximum Gasteiger partial charge on any atom is 0.573 e. The smallest absolute Gasteiger partial charge is 0.479 e. The lowest BCUT2D eigenvalue weighted by Crippen LogP contribution is -2.23. The third-order valence-electron chi connectivity index (χ3n) is 1.71. The standard InChI is InChI=1S/C10H6F4O4S/c11-7(8(15)16)9(17)19-6-4-2-1-3-5(6)18-10(12,13)14/h1-4,7H,(H,15,16). The average Bonchev–Trinajstić information content (AvgIpc) is 2.28. The summed E-state index contributed by atoms with van der Waals surface area (Å²) < 4.78 is 52.7. The number of aliphatic carboxylic acids is 1. The lowest BCUT2D eigenvalue weighted by Gasteiger charge is -2.12. The molecule has 1 aromatic rings. The number of carbonyl (C=O) groups is 2. The SMILES string of the molecule is O=C(O)C(F)C(=O)Sc1ccccc1OC(F)(F)F. The van der Waals surface area contributed by atoms with Crippen LogP contribution in [0.4, 0.5) is 17.6 Å². The first-order valence-electron chi connectivity index (χ1n) is 4.64. The van der Waals surface area contributed by atoms with Gasteiger partial charge in [0.2, 0.25) is 5.12 Å². The molecule has 4 nitrogen and oxygen atoms in total. The van der Waals surface area contributed by atoms with Crippen LogP contribution in [0.25, 0.3) is 0 Å². The number of alkyl halides is 4. The Morgan fingerprint density at radius 3 is 2.37 bits per heavy atom. The highest BCUT2D eigenvalue weighted by molar-refractivity contribution is 8.14. The van der Waals surface area contributed by atoms with Gasteiger partial charge in [0, 0.05) is 0 Å². The van der Waals surface area contributed by atoms with E-state index in [0.29, 0.717) is 0 Å². The Labute approximate surface area is 108 Å². The van der Waals surface area contributed by atoms with Crippen molar-refractivity contribution in [3.05, 3.63) is 24.3 Å². The molecule has 104 valence electrons. The molecule has 1 N–H and O–H groups in total. The van der Waals surface area contributed by atoms with Crippen LogP contribution in [0.3, 0.4) is 0 Å². The number of carbonyl (C=O) groups excluding carboxylic acids is 1. The molecule has 0 saturated carbocycles. The van der Waals surface area contributed by atoms with E-state index >= 15 is 0 Å². The van der Waals surface area contributed by atoms with Crippen LogP contribution >= 0.6 is 11.8 Å². The molecule has 19 heavy (non-hydrogen) atoms. The van der Waals surface area contributed by atoms with Crippen molar-refractivity contribution in [3.63, 3.8) is 0 Å². The fourth-order valence-corrected chi connectivity index (χ4v) is 1.78. The summed E-state index contributed by atoms with van der Waals surface area (Å²) in [4.78, 5) is 21.0. The molecule has 0 spiro atoms. The molecule has 0 aliphatic rings. The topological polar surface area (TPSA) is 63.6 Å². The highest BCUT2D eigenvalue weighted by Crippen LogP contribution is 2.34. The number of hydrogen-bond acceptors (Lipinski definition) is 4. The lowest BCUT2D eigenvalue weighted by molar-refractivity contribution is -0.275. The molecule has 0 amide bonds. The van der Waals surface area contributed by atoms with Gasteiger partial charge < -0.3 is 9.84 Å². The van der Waals surface area contributed by atoms with Crippen LogP contribution in [0.5, 0.6) is 5.75 Å². The summed E-state index contributed by atoms with van der Waals surface area (Å²) >= 11 is 0.0276. The Morgan fingerprint density at radius 1 is 1.26 bits per heavy atom. The summed E-state index contributed by atoms with van der Waals surface area (Å²) in [6.07, 6.45) is -7.79. The molecular weight excluding hydrogens is 292 g/mol. The molecule has 9 heteroatoms. The molecule has 0 saturated heterocycles. The van der Waals surface area contributed by atoms with Crippen LogP contribution in [0.1, 0.15) is 0 Å². The molecule has 0 aliphatic carbocycles. The van der Waals surface area contributed by atoms with Crippen LogP contribution in [-0.4, -0.2) is 28.7 Å². The number of halogens is 4. The predicted molar refractivity (Wildman–Crippen MR) is 56.5 cm³/mol. The summed E-state index contributed by atoms with van der Waals surface area (Å²) in [7, 11) is 0. The normalized spacial score (nSPS) is 12.8. The average molecular weight is 298 g/mol. The Bertz CT molecular complexity index is 489. The highest BCUT2D eigenvalue weighted by atomic mass is 32.2. The van der Waals surface area contributed by atoms with Crippen molar-refractivity contribution in [2.75, 3.05) is 0 Å². The van der Waals surface area contributed by atoms with E-state index in [2.05, 4.69) is 4.74 Å². The van der Waals surface area contributed by atoms with Gasteiger partial charge in [-0.05, 0) is 23.9 Å². The van der Waals surface area contributed by atoms with Crippen molar-refractivity contribution in [2.45, 2.75) is 17.4 Å². The maximum atomic E-state index is 12.8. The largest absolute Gasteiger partial charge is 0.573 e. The number of carboxylic acid groups (broad SMARTS) is 1. The molecule has 0 radical (unpaired) electrons. The Balaban J connectivity index is 2.90. The third kappa shape index (κ3) is 4.78. The number of thioether (sulfide) groups is 1. The Morgan fingerprint density at radius 2 is 1.84 bits per heavy atom. The van der Waals surface area contributed by atoms with Gasteiger partial charge in [-0.25, -0.2) is 9.18 Å². The minimum absolute atomic E-state index is 0.0276. The van der Waals surface area contributed by atoms with E-state index in [4.69, 9.17) is 5.11 Å². The van der Waals surface area contributed by atoms with E-state index in [1.165, 1.54) is 12.1 Å². The van der Waals surface area contributed by atoms with Crippen LogP contribution < -0.4 is 4.74 Å². The zero-order valence-electron chi connectivity index (χ0n) is 8.98. The van der Waals surface area contributed by atoms with E-state index < -0.39 is 29.4 Å². The molecule has 1 atom stereocenters. The van der Waals surface area contributed by atoms with Crippen LogP contribution in [-0.2, 0) is 9.59 Å². The van der Waals surface area contributed by atoms with Crippen LogP contribution in [0.2, 0.25) is 0 Å². The quantitative estimate of drug-likeness (QED) is 0.526. The van der Waals surface area contributed by atoms with Gasteiger partial charge in [0.25, 0.3) is 6.17 Å². The summed E-state index contributed by atoms with van der Waals surface area (Å²) in [5.74, 6) is -2.71. The van der Waals surface area contributed by atoms with E-state index in [0.717, 1.165) is 12.1 Å². The molecule has 1 rings (SSSR count). The van der Waals surface area contributed by atoms with Gasteiger partial charge in [0.1, 0.15) is 5.75 Å². The van der Waals surface area contributed by atoms with Gasteiger partial charge in [-0.1, -0.05) is 12.1 Å². The van der Waals surface area contributed by atoms with Gasteiger partial charge >= 0.3 is 12.3 Å². The van der Waals surface area contributed by atoms with Crippen molar-refractivity contribution < 1.29 is 37.0 Å². The van der Waals surface area contributed by atoms with E-state index in [-0.39, 0.29) is 16.7 Å². The molecule has 1 unspecified atom stereocenters. The summed E-state index contributed by atoms with van der Waals surface area (Å²) in [5.41, 5.74) is 0. The van der Waals surface area contributed by atoms with Crippen molar-refractivity contribution in [1.29, 1.82) is 0 Å². The Kier molecular flexibility index (Phi) is 4.76. The van der Waals surface area contributed by atoms with Crippen molar-refractivity contribution in [2.24, 2.45) is 0 Å². The second kappa shape index (κ2) is 5.91. The number of rotatable bonds is 4. The predicted octanol–water partition coefficient (Wildman–Crippen LogP) is 2.63. The number of hydrogen-bond donors (Lipinski definition) is 1. The van der Waals surface area contributed by atoms with E-state index in [1.54, 1.807) is 0 Å². The van der Waals surface area contributed by atoms with Gasteiger partial charge in [0.05, 0.1) is 4.90 Å². The highest BCUT2D eigenvalue weighted by Gasteiger charge is 2.33. The van der Waals surface area contributed by atoms with Crippen LogP contribution in [0, 0.1) is 0 Å². The van der Waals surface area contributed by atoms with Crippen molar-refractivity contribution in [3.8, 4) is 5.75 Å². The monoisotopic (exact) mass is 298 g/mol. The number of para-hydroxylation sites is 1. The number of ether oxygens (including phenoxy) is 1. The zero-order chi connectivity index (χ0) is 14.6. The lowest BCUT2D eigenvalue weighted by atomic mass is 10.3. The van der Waals surface area contributed by atoms with Gasteiger partial charge in [-0.2, -0.15) is 0 Å². The molecule has 0 heterocycles. The first kappa shape index (κ1) is 15.3. The Hall–Kier alpha value is -1.77. The van der Waals surface area contributed by atoms with Gasteiger partial charge in [0.15, 0.2) is 0 Å². The fraction of sp³-hybridized carbons (Fsp3) is 0.200. The minimum Gasteiger partial charge on any atom is -0.479 e. The number of benzene rings is 1. The minimum atomic E-state index is -4.97. The maximum absolute atomic E-state index is 12.8. The van der Waals surface area contributed by atoms with E-state index in [9.17, 15) is 27.2 Å². The van der Waals surface area contributed by atoms with Crippen LogP contribution in [0.15, 0.2) is 29.2 Å². The van der Waals surface area contributed by atoms with E-state index in [1.807, 2.05) is 0 Å². The molecule has 0 fully saturated rings. The molecule has 0 aliphatic heterocycles. The summed E-state index contributed by atoms with van der Waals surface area (Å²) in [6, 6.07) is 4.53. The molecule has 0 aromatic heterocycles. The third-order valence-corrected chi connectivity index (χ3v) is 2.67. The number of carboxylic acids is 1. The fourth-order valence-electron chi connectivity index (χ4n) is 1.00. The first-order valence-corrected chi connectivity index (χ1v) is 5.45. The first-order chi connectivity index (χ1) is 8.70. The summed E-state index contributed by atoms with van der Waals surface area (Å²) in [5, 5.41) is 6.83. The van der Waals surface area contributed by atoms with Crippen molar-refractivity contribution in [1.82, 2.24) is 0 Å². The molecule has 0 bridgehead atoms. The second-order valence-electron chi connectivity index (χ2n) is 3.12. The molecular formula is C10H6F4O4S. The molecule has 1 aromatic carbocycles. The zero-order valence-corrected chi connectivity index (χ0v) is 9.80.